The van der Waals surface area contributed by atoms with Crippen LogP contribution in [0.5, 0.6) is 0 Å². The number of anilines is 1. The van der Waals surface area contributed by atoms with E-state index in [4.69, 9.17) is 11.6 Å². The normalized spacial score (nSPS) is 28.6. The minimum absolute atomic E-state index is 0.685. The predicted molar refractivity (Wildman–Crippen MR) is 68.3 cm³/mol. The Morgan fingerprint density at radius 1 is 1.19 bits per heavy atom. The second kappa shape index (κ2) is 4.27. The molecule has 1 fully saturated rings. The summed E-state index contributed by atoms with van der Waals surface area (Å²) in [5.41, 5.74) is 2.60. The van der Waals surface area contributed by atoms with Gasteiger partial charge in [-0.3, -0.25) is 0 Å². The summed E-state index contributed by atoms with van der Waals surface area (Å²) in [5, 5.41) is 7.76. The molecule has 16 heavy (non-hydrogen) atoms. The van der Waals surface area contributed by atoms with Crippen molar-refractivity contribution in [2.75, 3.05) is 25.0 Å². The highest BCUT2D eigenvalue weighted by molar-refractivity contribution is 6.33. The van der Waals surface area contributed by atoms with E-state index in [1.165, 1.54) is 30.6 Å². The Hall–Kier alpha value is -0.730. The number of hydrogen-bond acceptors (Lipinski definition) is 2. The van der Waals surface area contributed by atoms with Gasteiger partial charge >= 0.3 is 0 Å². The summed E-state index contributed by atoms with van der Waals surface area (Å²) in [6.45, 7) is 3.39. The van der Waals surface area contributed by atoms with Crippen LogP contribution in [0.25, 0.3) is 0 Å². The number of fused-ring (bicyclic) bond motifs is 1. The number of benzene rings is 1. The largest absolute Gasteiger partial charge is 0.384 e. The molecule has 1 aromatic carbocycles. The van der Waals surface area contributed by atoms with Gasteiger partial charge in [0.15, 0.2) is 0 Å². The molecule has 1 aromatic rings. The monoisotopic (exact) mass is 236 g/mol. The third-order valence-corrected chi connectivity index (χ3v) is 4.18. The van der Waals surface area contributed by atoms with Gasteiger partial charge in [-0.05, 0) is 49.4 Å². The lowest BCUT2D eigenvalue weighted by molar-refractivity contribution is 0.434. The van der Waals surface area contributed by atoms with E-state index < -0.39 is 0 Å². The summed E-state index contributed by atoms with van der Waals surface area (Å²) in [6, 6.07) is 6.28. The van der Waals surface area contributed by atoms with Gasteiger partial charge in [-0.15, -0.1) is 0 Å². The molecule has 0 radical (unpaired) electrons. The zero-order valence-corrected chi connectivity index (χ0v) is 10.1. The maximum atomic E-state index is 6.24. The SMILES string of the molecule is Clc1cccc2c1NCCC2C1CCNC1. The number of rotatable bonds is 1. The van der Waals surface area contributed by atoms with Crippen molar-refractivity contribution < 1.29 is 0 Å². The molecule has 2 heterocycles. The first-order valence-corrected chi connectivity index (χ1v) is 6.47. The van der Waals surface area contributed by atoms with Crippen molar-refractivity contribution in [2.24, 2.45) is 5.92 Å². The quantitative estimate of drug-likeness (QED) is 0.784. The Balaban J connectivity index is 1.96. The van der Waals surface area contributed by atoms with Crippen molar-refractivity contribution in [1.82, 2.24) is 5.32 Å². The summed E-state index contributed by atoms with van der Waals surface area (Å²) in [5.74, 6) is 1.48. The van der Waals surface area contributed by atoms with Crippen LogP contribution in [0.15, 0.2) is 18.2 Å². The number of hydrogen-bond donors (Lipinski definition) is 2. The summed E-state index contributed by atoms with van der Waals surface area (Å²) in [7, 11) is 0. The third kappa shape index (κ3) is 1.70. The van der Waals surface area contributed by atoms with Crippen LogP contribution < -0.4 is 10.6 Å². The van der Waals surface area contributed by atoms with E-state index in [1.807, 2.05) is 6.07 Å². The molecule has 3 rings (SSSR count). The van der Waals surface area contributed by atoms with Crippen LogP contribution in [0.3, 0.4) is 0 Å². The zero-order chi connectivity index (χ0) is 11.0. The van der Waals surface area contributed by atoms with E-state index in [9.17, 15) is 0 Å². The first kappa shape index (κ1) is 10.4. The molecule has 0 spiro atoms. The minimum atomic E-state index is 0.685. The molecule has 3 heteroatoms. The van der Waals surface area contributed by atoms with Gasteiger partial charge < -0.3 is 10.6 Å². The van der Waals surface area contributed by atoms with Gasteiger partial charge in [0.25, 0.3) is 0 Å². The molecule has 2 atom stereocenters. The predicted octanol–water partition coefficient (Wildman–Crippen LogP) is 2.85. The van der Waals surface area contributed by atoms with E-state index in [0.717, 1.165) is 24.0 Å². The molecular weight excluding hydrogens is 220 g/mol. The van der Waals surface area contributed by atoms with Gasteiger partial charge in [-0.2, -0.15) is 0 Å². The van der Waals surface area contributed by atoms with Gasteiger partial charge in [0.2, 0.25) is 0 Å². The van der Waals surface area contributed by atoms with E-state index >= 15 is 0 Å². The standard InChI is InChI=1S/C13H17ClN2/c14-12-3-1-2-11-10(5-7-16-13(11)12)9-4-6-15-8-9/h1-3,9-10,15-16H,4-8H2. The van der Waals surface area contributed by atoms with Crippen molar-refractivity contribution in [3.05, 3.63) is 28.8 Å². The van der Waals surface area contributed by atoms with Crippen LogP contribution in [0.1, 0.15) is 24.3 Å². The van der Waals surface area contributed by atoms with Crippen molar-refractivity contribution >= 4 is 17.3 Å². The average Bonchev–Trinajstić information content (AvgIpc) is 2.82. The highest BCUT2D eigenvalue weighted by Gasteiger charge is 2.30. The molecule has 2 aliphatic rings. The minimum Gasteiger partial charge on any atom is -0.384 e. The molecule has 1 saturated heterocycles. The lowest BCUT2D eigenvalue weighted by Crippen LogP contribution is -2.24. The second-order valence-corrected chi connectivity index (χ2v) is 5.19. The topological polar surface area (TPSA) is 24.1 Å². The molecule has 0 aromatic heterocycles. The van der Waals surface area contributed by atoms with E-state index in [-0.39, 0.29) is 0 Å². The molecule has 0 saturated carbocycles. The van der Waals surface area contributed by atoms with E-state index in [2.05, 4.69) is 22.8 Å². The van der Waals surface area contributed by atoms with Gasteiger partial charge in [0, 0.05) is 6.54 Å². The fraction of sp³-hybridized carbons (Fsp3) is 0.538. The number of para-hydroxylation sites is 1. The van der Waals surface area contributed by atoms with Crippen molar-refractivity contribution in [3.8, 4) is 0 Å². The van der Waals surface area contributed by atoms with Crippen molar-refractivity contribution in [1.29, 1.82) is 0 Å². The van der Waals surface area contributed by atoms with Crippen LogP contribution in [-0.2, 0) is 0 Å². The average molecular weight is 237 g/mol. The molecular formula is C13H17ClN2. The maximum absolute atomic E-state index is 6.24. The fourth-order valence-electron chi connectivity index (χ4n) is 3.05. The molecule has 0 amide bonds. The van der Waals surface area contributed by atoms with E-state index in [1.54, 1.807) is 0 Å². The molecule has 0 aliphatic carbocycles. The Bertz CT molecular complexity index is 386. The molecule has 2 N–H and O–H groups in total. The van der Waals surface area contributed by atoms with Gasteiger partial charge in [0.05, 0.1) is 10.7 Å². The highest BCUT2D eigenvalue weighted by Crippen LogP contribution is 2.41. The van der Waals surface area contributed by atoms with Crippen molar-refractivity contribution in [2.45, 2.75) is 18.8 Å². The highest BCUT2D eigenvalue weighted by atomic mass is 35.5. The van der Waals surface area contributed by atoms with Gasteiger partial charge in [0.1, 0.15) is 0 Å². The Kier molecular flexibility index (Phi) is 2.78. The van der Waals surface area contributed by atoms with E-state index in [0.29, 0.717) is 5.92 Å². The van der Waals surface area contributed by atoms with Gasteiger partial charge in [-0.25, -0.2) is 0 Å². The second-order valence-electron chi connectivity index (χ2n) is 4.78. The maximum Gasteiger partial charge on any atom is 0.0640 e. The first-order chi connectivity index (χ1) is 7.86. The van der Waals surface area contributed by atoms with Crippen molar-refractivity contribution in [3.63, 3.8) is 0 Å². The van der Waals surface area contributed by atoms with Crippen LogP contribution >= 0.6 is 11.6 Å². The van der Waals surface area contributed by atoms with Crippen LogP contribution in [0.2, 0.25) is 5.02 Å². The number of halogens is 1. The van der Waals surface area contributed by atoms with Crippen LogP contribution in [0, 0.1) is 5.92 Å². The Morgan fingerprint density at radius 3 is 2.94 bits per heavy atom. The summed E-state index contributed by atoms with van der Waals surface area (Å²) >= 11 is 6.24. The third-order valence-electron chi connectivity index (χ3n) is 3.87. The van der Waals surface area contributed by atoms with Gasteiger partial charge in [-0.1, -0.05) is 23.7 Å². The molecule has 0 bridgehead atoms. The lowest BCUT2D eigenvalue weighted by Gasteiger charge is -2.31. The lowest BCUT2D eigenvalue weighted by atomic mass is 9.80. The van der Waals surface area contributed by atoms with Crippen LogP contribution in [-0.4, -0.2) is 19.6 Å². The number of nitrogens with one attached hydrogen (secondary N) is 2. The molecule has 2 unspecified atom stereocenters. The Morgan fingerprint density at radius 2 is 2.12 bits per heavy atom. The summed E-state index contributed by atoms with van der Waals surface area (Å²) in [4.78, 5) is 0. The molecule has 2 nitrogen and oxygen atoms in total. The summed E-state index contributed by atoms with van der Waals surface area (Å²) < 4.78 is 0. The fourth-order valence-corrected chi connectivity index (χ4v) is 3.30. The first-order valence-electron chi connectivity index (χ1n) is 6.09. The smallest absolute Gasteiger partial charge is 0.0640 e. The molecule has 86 valence electrons. The molecule has 2 aliphatic heterocycles. The zero-order valence-electron chi connectivity index (χ0n) is 9.30. The Labute approximate surface area is 101 Å². The van der Waals surface area contributed by atoms with Crippen LogP contribution in [0.4, 0.5) is 5.69 Å². The summed E-state index contributed by atoms with van der Waals surface area (Å²) in [6.07, 6.45) is 2.54.